The van der Waals surface area contributed by atoms with Crippen molar-refractivity contribution in [3.63, 3.8) is 0 Å². The van der Waals surface area contributed by atoms with Crippen LogP contribution < -0.4 is 0 Å². The Balaban J connectivity index is 2.41. The first-order chi connectivity index (χ1) is 11.5. The van der Waals surface area contributed by atoms with Gasteiger partial charge in [-0.1, -0.05) is 28.1 Å². The molecular formula is C17H19BrN2O4. The smallest absolute Gasteiger partial charge is 0.341 e. The quantitative estimate of drug-likeness (QED) is 0.760. The first-order valence-electron chi connectivity index (χ1n) is 7.52. The Kier molecular flexibility index (Phi) is 6.14. The van der Waals surface area contributed by atoms with E-state index in [1.165, 1.54) is 7.11 Å². The lowest BCUT2D eigenvalue weighted by Gasteiger charge is -2.16. The van der Waals surface area contributed by atoms with Gasteiger partial charge in [-0.05, 0) is 38.0 Å². The summed E-state index contributed by atoms with van der Waals surface area (Å²) in [4.78, 5) is 24.5. The van der Waals surface area contributed by atoms with Gasteiger partial charge in [-0.3, -0.25) is 9.89 Å². The van der Waals surface area contributed by atoms with Gasteiger partial charge < -0.3 is 9.47 Å². The molecule has 1 N–H and O–H groups in total. The first kappa shape index (κ1) is 18.2. The monoisotopic (exact) mass is 394 g/mol. The van der Waals surface area contributed by atoms with Crippen molar-refractivity contribution in [3.8, 4) is 0 Å². The number of methoxy groups -OCH3 is 1. The van der Waals surface area contributed by atoms with Crippen molar-refractivity contribution in [1.82, 2.24) is 10.2 Å². The second kappa shape index (κ2) is 8.10. The van der Waals surface area contributed by atoms with Crippen LogP contribution in [0.3, 0.4) is 0 Å². The molecule has 1 atom stereocenters. The highest BCUT2D eigenvalue weighted by Gasteiger charge is 2.31. The number of nitrogens with zero attached hydrogens (tertiary/aromatic N) is 1. The molecule has 1 aromatic heterocycles. The Hall–Kier alpha value is -2.15. The molecule has 0 aliphatic heterocycles. The van der Waals surface area contributed by atoms with Gasteiger partial charge in [-0.2, -0.15) is 5.10 Å². The average molecular weight is 395 g/mol. The number of hydrogen-bond acceptors (Lipinski definition) is 5. The van der Waals surface area contributed by atoms with Crippen LogP contribution in [-0.2, 0) is 20.7 Å². The number of aryl methyl sites for hydroxylation is 1. The molecule has 24 heavy (non-hydrogen) atoms. The van der Waals surface area contributed by atoms with E-state index in [0.717, 1.165) is 10.0 Å². The predicted octanol–water partition coefficient (Wildman–Crippen LogP) is 3.16. The zero-order chi connectivity index (χ0) is 17.7. The summed E-state index contributed by atoms with van der Waals surface area (Å²) in [5, 5.41) is 6.86. The van der Waals surface area contributed by atoms with Crippen molar-refractivity contribution in [3.05, 3.63) is 51.3 Å². The number of rotatable bonds is 6. The summed E-state index contributed by atoms with van der Waals surface area (Å²) < 4.78 is 10.9. The molecule has 0 aliphatic rings. The van der Waals surface area contributed by atoms with Gasteiger partial charge in [0.1, 0.15) is 11.5 Å². The Bertz CT molecular complexity index is 725. The molecule has 1 unspecified atom stereocenters. The van der Waals surface area contributed by atoms with Crippen LogP contribution in [0.4, 0.5) is 0 Å². The lowest BCUT2D eigenvalue weighted by molar-refractivity contribution is -0.145. The molecule has 1 heterocycles. The number of benzene rings is 1. The third kappa shape index (κ3) is 4.03. The summed E-state index contributed by atoms with van der Waals surface area (Å²) in [5.41, 5.74) is 2.13. The highest BCUT2D eigenvalue weighted by molar-refractivity contribution is 9.10. The fourth-order valence-corrected chi connectivity index (χ4v) is 2.73. The topological polar surface area (TPSA) is 81.3 Å². The van der Waals surface area contributed by atoms with Gasteiger partial charge in [0.15, 0.2) is 0 Å². The molecule has 0 saturated heterocycles. The predicted molar refractivity (Wildman–Crippen MR) is 91.9 cm³/mol. The van der Waals surface area contributed by atoms with E-state index in [4.69, 9.17) is 9.47 Å². The maximum atomic E-state index is 12.5. The number of aromatic nitrogens is 2. The zero-order valence-electron chi connectivity index (χ0n) is 13.8. The average Bonchev–Trinajstić information content (AvgIpc) is 2.95. The summed E-state index contributed by atoms with van der Waals surface area (Å²) in [6.07, 6.45) is 0.387. The molecule has 0 radical (unpaired) electrons. The van der Waals surface area contributed by atoms with E-state index in [1.54, 1.807) is 13.8 Å². The van der Waals surface area contributed by atoms with Crippen molar-refractivity contribution in [2.45, 2.75) is 26.2 Å². The number of carbonyl (C=O) groups excluding carboxylic acids is 2. The van der Waals surface area contributed by atoms with Gasteiger partial charge in [0, 0.05) is 4.47 Å². The van der Waals surface area contributed by atoms with Crippen LogP contribution in [0.1, 0.15) is 40.2 Å². The maximum Gasteiger partial charge on any atom is 0.341 e. The number of halogens is 1. The van der Waals surface area contributed by atoms with Gasteiger partial charge in [0.25, 0.3) is 0 Å². The van der Waals surface area contributed by atoms with E-state index in [-0.39, 0.29) is 12.2 Å². The van der Waals surface area contributed by atoms with Crippen LogP contribution in [0.15, 0.2) is 28.7 Å². The molecular weight excluding hydrogens is 376 g/mol. The first-order valence-corrected chi connectivity index (χ1v) is 8.31. The van der Waals surface area contributed by atoms with Crippen LogP contribution >= 0.6 is 15.9 Å². The number of ether oxygens (including phenoxy) is 2. The van der Waals surface area contributed by atoms with Crippen LogP contribution in [0.25, 0.3) is 0 Å². The molecule has 6 nitrogen and oxygen atoms in total. The Morgan fingerprint density at radius 1 is 1.29 bits per heavy atom. The Morgan fingerprint density at radius 2 is 1.96 bits per heavy atom. The van der Waals surface area contributed by atoms with Gasteiger partial charge in [0.05, 0.1) is 25.1 Å². The Morgan fingerprint density at radius 3 is 2.54 bits per heavy atom. The highest BCUT2D eigenvalue weighted by atomic mass is 79.9. The standard InChI is InChI=1S/C17H19BrN2O4/c1-4-24-16(21)13(9-11-5-7-12(18)8-6-11)15-14(17(22)23-3)10(2)19-20-15/h5-8,13H,4,9H2,1-3H3,(H,19,20). The molecule has 0 bridgehead atoms. The van der Waals surface area contributed by atoms with Crippen LogP contribution in [0.5, 0.6) is 0 Å². The number of aromatic amines is 1. The summed E-state index contributed by atoms with van der Waals surface area (Å²) in [6, 6.07) is 7.63. The molecule has 2 rings (SSSR count). The van der Waals surface area contributed by atoms with Crippen LogP contribution in [0.2, 0.25) is 0 Å². The van der Waals surface area contributed by atoms with Crippen molar-refractivity contribution < 1.29 is 19.1 Å². The maximum absolute atomic E-state index is 12.5. The van der Waals surface area contributed by atoms with Gasteiger partial charge in [0.2, 0.25) is 0 Å². The van der Waals surface area contributed by atoms with Gasteiger partial charge in [-0.15, -0.1) is 0 Å². The van der Waals surface area contributed by atoms with E-state index in [2.05, 4.69) is 26.1 Å². The Labute approximate surface area is 148 Å². The van der Waals surface area contributed by atoms with Crippen molar-refractivity contribution in [2.24, 2.45) is 0 Å². The van der Waals surface area contributed by atoms with E-state index < -0.39 is 17.9 Å². The molecule has 7 heteroatoms. The van der Waals surface area contributed by atoms with E-state index in [0.29, 0.717) is 17.8 Å². The van der Waals surface area contributed by atoms with E-state index >= 15 is 0 Å². The summed E-state index contributed by atoms with van der Waals surface area (Å²) in [5.74, 6) is -1.60. The minimum Gasteiger partial charge on any atom is -0.465 e. The number of nitrogens with one attached hydrogen (secondary N) is 1. The molecule has 0 aliphatic carbocycles. The lowest BCUT2D eigenvalue weighted by atomic mass is 9.93. The number of H-pyrrole nitrogens is 1. The SMILES string of the molecule is CCOC(=O)C(Cc1ccc(Br)cc1)c1[nH]nc(C)c1C(=O)OC. The highest BCUT2D eigenvalue weighted by Crippen LogP contribution is 2.27. The van der Waals surface area contributed by atoms with Crippen molar-refractivity contribution in [2.75, 3.05) is 13.7 Å². The third-order valence-corrected chi connectivity index (χ3v) is 4.17. The van der Waals surface area contributed by atoms with Crippen LogP contribution in [0, 0.1) is 6.92 Å². The summed E-state index contributed by atoms with van der Waals surface area (Å²) >= 11 is 3.38. The fraction of sp³-hybridized carbons (Fsp3) is 0.353. The second-order valence-electron chi connectivity index (χ2n) is 5.22. The van der Waals surface area contributed by atoms with Gasteiger partial charge >= 0.3 is 11.9 Å². The number of carbonyl (C=O) groups is 2. The molecule has 0 saturated carbocycles. The van der Waals surface area contributed by atoms with Crippen molar-refractivity contribution in [1.29, 1.82) is 0 Å². The lowest BCUT2D eigenvalue weighted by Crippen LogP contribution is -2.21. The van der Waals surface area contributed by atoms with Gasteiger partial charge in [-0.25, -0.2) is 4.79 Å². The van der Waals surface area contributed by atoms with E-state index in [1.807, 2.05) is 24.3 Å². The molecule has 2 aromatic rings. The zero-order valence-corrected chi connectivity index (χ0v) is 15.3. The van der Waals surface area contributed by atoms with Crippen LogP contribution in [-0.4, -0.2) is 35.9 Å². The largest absolute Gasteiger partial charge is 0.465 e. The third-order valence-electron chi connectivity index (χ3n) is 3.64. The van der Waals surface area contributed by atoms with E-state index in [9.17, 15) is 9.59 Å². The molecule has 0 spiro atoms. The second-order valence-corrected chi connectivity index (χ2v) is 6.14. The fourth-order valence-electron chi connectivity index (χ4n) is 2.46. The minimum absolute atomic E-state index is 0.260. The number of hydrogen-bond donors (Lipinski definition) is 1. The normalized spacial score (nSPS) is 11.8. The molecule has 0 amide bonds. The molecule has 128 valence electrons. The summed E-state index contributed by atoms with van der Waals surface area (Å²) in [6.45, 7) is 3.69. The minimum atomic E-state index is -0.665. The molecule has 1 aromatic carbocycles. The number of esters is 2. The summed E-state index contributed by atoms with van der Waals surface area (Å²) in [7, 11) is 1.30. The molecule has 0 fully saturated rings. The van der Waals surface area contributed by atoms with Crippen molar-refractivity contribution >= 4 is 27.9 Å².